The van der Waals surface area contributed by atoms with E-state index in [1.807, 2.05) is 0 Å². The molecule has 2 nitrogen and oxygen atoms in total. The molecule has 0 unspecified atom stereocenters. The van der Waals surface area contributed by atoms with Gasteiger partial charge in [-0.05, 0) is 32.0 Å². The highest BCUT2D eigenvalue weighted by Gasteiger charge is 2.12. The predicted octanol–water partition coefficient (Wildman–Crippen LogP) is 4.23. The average molecular weight is 411 g/mol. The number of hydrogen-bond acceptors (Lipinski definition) is 0. The van der Waals surface area contributed by atoms with Gasteiger partial charge >= 0.3 is 0 Å². The first-order valence-electron chi connectivity index (χ1n) is 10.9. The lowest BCUT2D eigenvalue weighted by molar-refractivity contribution is -0.556. The summed E-state index contributed by atoms with van der Waals surface area (Å²) in [6.45, 7) is 0. The van der Waals surface area contributed by atoms with Crippen LogP contribution in [0.2, 0.25) is 0 Å². The third-order valence-electron chi connectivity index (χ3n) is 6.16. The Bertz CT molecular complexity index is 1720. The molecule has 0 spiro atoms. The molecule has 5 aromatic rings. The van der Waals surface area contributed by atoms with Crippen LogP contribution in [0.25, 0.3) is 33.9 Å². The molecule has 0 bridgehead atoms. The van der Waals surface area contributed by atoms with Crippen LogP contribution in [-0.4, -0.2) is 4.57 Å². The number of nitrogens with zero attached hydrogens (tertiary/aromatic N) is 2. The minimum absolute atomic E-state index is 1.11. The van der Waals surface area contributed by atoms with Gasteiger partial charge in [-0.1, -0.05) is 115 Å². The van der Waals surface area contributed by atoms with E-state index in [-0.39, 0.29) is 0 Å². The Labute approximate surface area is 186 Å². The summed E-state index contributed by atoms with van der Waals surface area (Å²) in [7, 11) is 2.05. The quantitative estimate of drug-likeness (QED) is 0.304. The maximum absolute atomic E-state index is 3.55. The van der Waals surface area contributed by atoms with Crippen molar-refractivity contribution in [2.24, 2.45) is 7.05 Å². The lowest BCUT2D eigenvalue weighted by Crippen LogP contribution is -2.37. The molecule has 1 aliphatic rings. The standard InChI is InChI=1S/C30H22N2/c1-31-21-32(28-19-8-7-18-27(28)31)29-20-9-14-22-13-5-6-15-24(22)26-17-10-16-25(30(26)29)23-11-3-2-4-12-23/h2-20H,1H3. The molecule has 0 atom stereocenters. The van der Waals surface area contributed by atoms with Crippen molar-refractivity contribution in [3.05, 3.63) is 136 Å². The van der Waals surface area contributed by atoms with E-state index in [1.54, 1.807) is 0 Å². The van der Waals surface area contributed by atoms with E-state index in [4.69, 9.17) is 0 Å². The Hall–Kier alpha value is -4.17. The normalized spacial score (nSPS) is 12.6. The molecular weight excluding hydrogens is 388 g/mol. The molecule has 152 valence electrons. The maximum Gasteiger partial charge on any atom is 0.244 e. The first-order chi connectivity index (χ1) is 15.8. The molecule has 2 heteroatoms. The van der Waals surface area contributed by atoms with Crippen molar-refractivity contribution in [3.63, 3.8) is 0 Å². The van der Waals surface area contributed by atoms with Crippen LogP contribution in [0.4, 0.5) is 0 Å². The molecule has 0 fully saturated rings. The number of benzene rings is 4. The number of allylic oxidation sites excluding steroid dienone is 2. The van der Waals surface area contributed by atoms with Crippen molar-refractivity contribution in [2.75, 3.05) is 0 Å². The average Bonchev–Trinajstić information content (AvgIpc) is 3.17. The lowest BCUT2D eigenvalue weighted by Gasteiger charge is -2.13. The second-order valence-electron chi connectivity index (χ2n) is 8.08. The second-order valence-corrected chi connectivity index (χ2v) is 8.08. The summed E-state index contributed by atoms with van der Waals surface area (Å²) < 4.78 is 4.26. The largest absolute Gasteiger partial charge is 0.319 e. The molecular formula is C30H22N2. The fraction of sp³-hybridized carbons (Fsp3) is 0.0333. The molecule has 1 heterocycles. The Kier molecular flexibility index (Phi) is 4.36. The van der Waals surface area contributed by atoms with Gasteiger partial charge in [-0.3, -0.25) is 0 Å². The smallest absolute Gasteiger partial charge is 0.244 e. The summed E-state index contributed by atoms with van der Waals surface area (Å²) in [5, 5.41) is 4.91. The van der Waals surface area contributed by atoms with Crippen LogP contribution < -0.4 is 15.0 Å². The van der Waals surface area contributed by atoms with Gasteiger partial charge in [-0.25, -0.2) is 0 Å². The van der Waals surface area contributed by atoms with Crippen molar-refractivity contribution in [2.45, 2.75) is 0 Å². The van der Waals surface area contributed by atoms with Crippen LogP contribution in [0.5, 0.6) is 0 Å². The number of hydrogen-bond donors (Lipinski definition) is 0. The monoisotopic (exact) mass is 410 g/mol. The van der Waals surface area contributed by atoms with Gasteiger partial charge in [0, 0.05) is 0 Å². The van der Waals surface area contributed by atoms with E-state index in [9.17, 15) is 0 Å². The molecule has 6 rings (SSSR count). The van der Waals surface area contributed by atoms with Gasteiger partial charge in [0.2, 0.25) is 6.33 Å². The van der Waals surface area contributed by atoms with E-state index in [2.05, 4.69) is 138 Å². The Morgan fingerprint density at radius 3 is 2.38 bits per heavy atom. The lowest BCUT2D eigenvalue weighted by atomic mass is 9.98. The fourth-order valence-corrected chi connectivity index (χ4v) is 4.69. The van der Waals surface area contributed by atoms with Gasteiger partial charge in [0.25, 0.3) is 0 Å². The number of aromatic nitrogens is 2. The van der Waals surface area contributed by atoms with E-state index < -0.39 is 0 Å². The van der Waals surface area contributed by atoms with Crippen LogP contribution in [0.1, 0.15) is 0 Å². The van der Waals surface area contributed by atoms with E-state index in [0.29, 0.717) is 0 Å². The number of aryl methyl sites for hydroxylation is 1. The number of para-hydroxylation sites is 2. The molecule has 1 aliphatic carbocycles. The van der Waals surface area contributed by atoms with Gasteiger partial charge in [-0.2, -0.15) is 0 Å². The van der Waals surface area contributed by atoms with Gasteiger partial charge < -0.3 is 9.13 Å². The van der Waals surface area contributed by atoms with E-state index in [0.717, 1.165) is 16.7 Å². The fourth-order valence-electron chi connectivity index (χ4n) is 4.69. The summed E-state index contributed by atoms with van der Waals surface area (Å²) >= 11 is 0. The summed E-state index contributed by atoms with van der Waals surface area (Å²) in [5.74, 6) is 0. The minimum Gasteiger partial charge on any atom is -0.319 e. The topological polar surface area (TPSA) is 8.81 Å². The number of fused-ring (bicyclic) bond motifs is 3. The van der Waals surface area contributed by atoms with Crippen molar-refractivity contribution >= 4 is 22.8 Å². The Morgan fingerprint density at radius 1 is 0.719 bits per heavy atom. The van der Waals surface area contributed by atoms with Crippen molar-refractivity contribution in [1.29, 1.82) is 0 Å². The van der Waals surface area contributed by atoms with Gasteiger partial charge in [0.15, 0.2) is 0 Å². The van der Waals surface area contributed by atoms with Crippen LogP contribution in [-0.2, 0) is 7.05 Å². The highest BCUT2D eigenvalue weighted by Crippen LogP contribution is 2.17. The van der Waals surface area contributed by atoms with Crippen LogP contribution in [0, 0.1) is 16.8 Å². The molecule has 0 amide bonds. The first kappa shape index (κ1) is 18.6. The van der Waals surface area contributed by atoms with Gasteiger partial charge in [0.05, 0.1) is 23.8 Å². The van der Waals surface area contributed by atoms with E-state index in [1.165, 1.54) is 32.0 Å². The van der Waals surface area contributed by atoms with Crippen LogP contribution >= 0.6 is 0 Å². The second kappa shape index (κ2) is 7.51. The molecule has 0 radical (unpaired) electrons. The summed E-state index contributed by atoms with van der Waals surface area (Å²) in [6, 6.07) is 34.4. The zero-order valence-corrected chi connectivity index (χ0v) is 17.9. The zero-order valence-electron chi connectivity index (χ0n) is 17.9. The predicted molar refractivity (Wildman–Crippen MR) is 130 cm³/mol. The third-order valence-corrected chi connectivity index (χ3v) is 6.16. The molecule has 32 heavy (non-hydrogen) atoms. The summed E-state index contributed by atoms with van der Waals surface area (Å²) in [5.41, 5.74) is 5.82. The summed E-state index contributed by atoms with van der Waals surface area (Å²) in [4.78, 5) is 0. The highest BCUT2D eigenvalue weighted by molar-refractivity contribution is 5.75. The van der Waals surface area contributed by atoms with Gasteiger partial charge in [-0.15, -0.1) is 0 Å². The zero-order chi connectivity index (χ0) is 21.5. The van der Waals surface area contributed by atoms with Gasteiger partial charge in [0.1, 0.15) is 0 Å². The van der Waals surface area contributed by atoms with Crippen molar-refractivity contribution in [1.82, 2.24) is 4.57 Å². The van der Waals surface area contributed by atoms with E-state index >= 15 is 0 Å². The van der Waals surface area contributed by atoms with Crippen molar-refractivity contribution < 1.29 is 4.57 Å². The van der Waals surface area contributed by atoms with Crippen molar-refractivity contribution in [3.8, 4) is 11.1 Å². The van der Waals surface area contributed by atoms with Crippen LogP contribution in [0.3, 0.4) is 0 Å². The molecule has 0 N–H and O–H groups in total. The first-order valence-corrected chi connectivity index (χ1v) is 10.9. The molecule has 0 saturated heterocycles. The maximum atomic E-state index is 3.55. The SMILES string of the molecule is Cn1[c-][n+](C2=c3c(-c4ccccc4)cccc3=c3ccccc3=CC=C2)c2ccccc21. The summed E-state index contributed by atoms with van der Waals surface area (Å²) in [6.07, 6.45) is 10.1. The molecule has 4 aromatic carbocycles. The Morgan fingerprint density at radius 2 is 1.47 bits per heavy atom. The molecule has 0 aliphatic heterocycles. The number of imidazole rings is 1. The minimum atomic E-state index is 1.11. The molecule has 1 aromatic heterocycles. The Balaban J connectivity index is 1.91. The third kappa shape index (κ3) is 2.92. The van der Waals surface area contributed by atoms with Crippen LogP contribution in [0.15, 0.2) is 109 Å². The highest BCUT2D eigenvalue weighted by atomic mass is 15.1. The molecule has 0 saturated carbocycles. The number of rotatable bonds is 2.